The topological polar surface area (TPSA) is 56.6 Å². The highest BCUT2D eigenvalue weighted by Crippen LogP contribution is 2.29. The van der Waals surface area contributed by atoms with E-state index in [1.807, 2.05) is 4.90 Å². The number of aryl methyl sites for hydroxylation is 1. The first kappa shape index (κ1) is 21.4. The number of ether oxygens (including phenoxy) is 2. The minimum absolute atomic E-state index is 0.0179. The lowest BCUT2D eigenvalue weighted by Gasteiger charge is -2.34. The van der Waals surface area contributed by atoms with Crippen LogP contribution >= 0.6 is 0 Å². The lowest BCUT2D eigenvalue weighted by atomic mass is 10.0. The van der Waals surface area contributed by atoms with Crippen molar-refractivity contribution in [3.63, 3.8) is 0 Å². The molecule has 3 aliphatic rings. The van der Waals surface area contributed by atoms with Crippen LogP contribution in [-0.2, 0) is 16.1 Å². The molecule has 2 unspecified atom stereocenters. The lowest BCUT2D eigenvalue weighted by molar-refractivity contribution is 0.0464. The zero-order valence-electron chi connectivity index (χ0n) is 17.2. The zero-order valence-corrected chi connectivity index (χ0v) is 17.2. The summed E-state index contributed by atoms with van der Waals surface area (Å²) in [6, 6.07) is 1.37. The molecule has 0 aromatic carbocycles. The summed E-state index contributed by atoms with van der Waals surface area (Å²) in [5.74, 6) is -0.313. The van der Waals surface area contributed by atoms with Crippen LogP contribution in [0.1, 0.15) is 24.4 Å². The average Bonchev–Trinajstić information content (AvgIpc) is 2.75. The maximum atomic E-state index is 15.0. The quantitative estimate of drug-likeness (QED) is 0.710. The highest BCUT2D eigenvalue weighted by atomic mass is 19.2. The Kier molecular flexibility index (Phi) is 6.31. The molecule has 1 saturated heterocycles. The Morgan fingerprint density at radius 2 is 1.90 bits per heavy atom. The van der Waals surface area contributed by atoms with Crippen LogP contribution in [0.5, 0.6) is 0 Å². The first-order chi connectivity index (χ1) is 14.9. The van der Waals surface area contributed by atoms with Crippen LogP contribution in [0, 0.1) is 6.92 Å². The van der Waals surface area contributed by atoms with Gasteiger partial charge in [-0.2, -0.15) is 0 Å². The van der Waals surface area contributed by atoms with Gasteiger partial charge in [-0.15, -0.1) is 0 Å². The van der Waals surface area contributed by atoms with Gasteiger partial charge < -0.3 is 14.4 Å². The molecular weight excluding hydrogens is 411 g/mol. The van der Waals surface area contributed by atoms with Crippen molar-refractivity contribution in [2.24, 2.45) is 0 Å². The molecule has 0 radical (unpaired) electrons. The number of alkyl halides is 2. The lowest BCUT2D eigenvalue weighted by Crippen LogP contribution is -2.39. The molecule has 2 heterocycles. The van der Waals surface area contributed by atoms with Crippen molar-refractivity contribution >= 4 is 5.70 Å². The number of morpholine rings is 1. The van der Waals surface area contributed by atoms with Crippen LogP contribution < -0.4 is 5.56 Å². The smallest absolute Gasteiger partial charge is 0.258 e. The second-order valence-electron chi connectivity index (χ2n) is 7.65. The van der Waals surface area contributed by atoms with Gasteiger partial charge >= 0.3 is 0 Å². The molecule has 0 N–H and O–H groups in total. The molecular formula is C22H24F3N3O3. The number of hydrogen-bond donors (Lipinski definition) is 0. The molecule has 0 saturated carbocycles. The fourth-order valence-electron chi connectivity index (χ4n) is 3.88. The van der Waals surface area contributed by atoms with E-state index in [0.717, 1.165) is 6.08 Å². The van der Waals surface area contributed by atoms with E-state index in [9.17, 15) is 13.6 Å². The zero-order chi connectivity index (χ0) is 22.0. The number of allylic oxidation sites excluding steroid dienone is 8. The second-order valence-corrected chi connectivity index (χ2v) is 7.65. The van der Waals surface area contributed by atoms with Crippen LogP contribution in [0.3, 0.4) is 0 Å². The molecule has 1 aliphatic heterocycles. The minimum Gasteiger partial charge on any atom is -0.490 e. The monoisotopic (exact) mass is 435 g/mol. The van der Waals surface area contributed by atoms with Crippen molar-refractivity contribution in [1.82, 2.24) is 14.5 Å². The van der Waals surface area contributed by atoms with E-state index >= 15 is 4.39 Å². The molecule has 0 amide bonds. The molecule has 6 nitrogen and oxygen atoms in total. The van der Waals surface area contributed by atoms with Gasteiger partial charge in [0.15, 0.2) is 12.0 Å². The van der Waals surface area contributed by atoms with Gasteiger partial charge in [-0.25, -0.2) is 18.2 Å². The average molecular weight is 435 g/mol. The Labute approximate surface area is 178 Å². The van der Waals surface area contributed by atoms with E-state index < -0.39 is 18.2 Å². The molecule has 0 bridgehead atoms. The summed E-state index contributed by atoms with van der Waals surface area (Å²) in [5.41, 5.74) is 1.19. The number of aromatic nitrogens is 2. The number of nitrogens with zero attached hydrogens (tertiary/aromatic N) is 3. The number of halogens is 3. The second kappa shape index (κ2) is 9.13. The summed E-state index contributed by atoms with van der Waals surface area (Å²) in [7, 11) is 0. The Morgan fingerprint density at radius 3 is 2.61 bits per heavy atom. The van der Waals surface area contributed by atoms with Gasteiger partial charge in [0.05, 0.1) is 13.2 Å². The Morgan fingerprint density at radius 1 is 1.13 bits per heavy atom. The number of hydrogen-bond acceptors (Lipinski definition) is 5. The molecule has 1 fully saturated rings. The summed E-state index contributed by atoms with van der Waals surface area (Å²) in [6.45, 7) is 3.91. The third-order valence-electron chi connectivity index (χ3n) is 5.43. The molecule has 1 aromatic heterocycles. The van der Waals surface area contributed by atoms with Crippen LogP contribution in [0.25, 0.3) is 5.70 Å². The van der Waals surface area contributed by atoms with Crippen molar-refractivity contribution in [3.8, 4) is 0 Å². The van der Waals surface area contributed by atoms with Crippen LogP contribution in [0.4, 0.5) is 13.2 Å². The highest BCUT2D eigenvalue weighted by molar-refractivity contribution is 5.54. The normalized spacial score (nSPS) is 24.2. The van der Waals surface area contributed by atoms with Crippen LogP contribution in [0.2, 0.25) is 0 Å². The van der Waals surface area contributed by atoms with E-state index in [2.05, 4.69) is 4.98 Å². The Balaban J connectivity index is 1.59. The first-order valence-electron chi connectivity index (χ1n) is 10.2. The van der Waals surface area contributed by atoms with Gasteiger partial charge in [0.2, 0.25) is 0 Å². The summed E-state index contributed by atoms with van der Waals surface area (Å²) in [6.07, 6.45) is 2.58. The van der Waals surface area contributed by atoms with Gasteiger partial charge in [0, 0.05) is 49.1 Å². The van der Waals surface area contributed by atoms with Crippen molar-refractivity contribution in [2.75, 3.05) is 26.3 Å². The summed E-state index contributed by atoms with van der Waals surface area (Å²) >= 11 is 0. The molecule has 2 atom stereocenters. The van der Waals surface area contributed by atoms with Gasteiger partial charge in [0.25, 0.3) is 5.56 Å². The molecule has 2 aliphatic carbocycles. The highest BCUT2D eigenvalue weighted by Gasteiger charge is 2.27. The summed E-state index contributed by atoms with van der Waals surface area (Å²) in [4.78, 5) is 19.1. The van der Waals surface area contributed by atoms with Crippen molar-refractivity contribution in [3.05, 3.63) is 69.5 Å². The minimum atomic E-state index is -1.75. The molecule has 1 aromatic rings. The van der Waals surface area contributed by atoms with Gasteiger partial charge in [-0.1, -0.05) is 0 Å². The molecule has 166 valence electrons. The van der Waals surface area contributed by atoms with Gasteiger partial charge in [-0.05, 0) is 31.2 Å². The summed E-state index contributed by atoms with van der Waals surface area (Å²) < 4.78 is 54.1. The van der Waals surface area contributed by atoms with E-state index in [1.165, 1.54) is 16.7 Å². The predicted molar refractivity (Wildman–Crippen MR) is 109 cm³/mol. The summed E-state index contributed by atoms with van der Waals surface area (Å²) in [5, 5.41) is 0. The van der Waals surface area contributed by atoms with E-state index in [1.54, 1.807) is 19.1 Å². The van der Waals surface area contributed by atoms with Crippen molar-refractivity contribution in [2.45, 2.75) is 38.7 Å². The molecule has 9 heteroatoms. The SMILES string of the molecule is Cc1cc(=O)n(C2=CC=C(N3CCOCC3)C(F)C2)c(COC2=CC=C(F)C(F)C2)n1. The van der Waals surface area contributed by atoms with E-state index in [0.29, 0.717) is 43.4 Å². The first-order valence-corrected chi connectivity index (χ1v) is 10.2. The fourth-order valence-corrected chi connectivity index (χ4v) is 3.88. The van der Waals surface area contributed by atoms with Crippen LogP contribution in [0.15, 0.2) is 52.4 Å². The third-order valence-corrected chi connectivity index (χ3v) is 5.43. The van der Waals surface area contributed by atoms with E-state index in [-0.39, 0.29) is 36.6 Å². The predicted octanol–water partition coefficient (Wildman–Crippen LogP) is 3.35. The largest absolute Gasteiger partial charge is 0.490 e. The van der Waals surface area contributed by atoms with Crippen LogP contribution in [-0.4, -0.2) is 53.1 Å². The number of rotatable bonds is 5. The third kappa shape index (κ3) is 4.76. The Hall–Kier alpha value is -2.81. The van der Waals surface area contributed by atoms with Crippen molar-refractivity contribution < 1.29 is 22.6 Å². The van der Waals surface area contributed by atoms with Gasteiger partial charge in [0.1, 0.15) is 24.4 Å². The van der Waals surface area contributed by atoms with E-state index in [4.69, 9.17) is 9.47 Å². The molecule has 0 spiro atoms. The molecule has 4 rings (SSSR count). The molecule has 31 heavy (non-hydrogen) atoms. The standard InChI is InChI=1S/C22H24F3N3O3/c1-14-10-22(29)28(21(26-14)13-31-16-3-4-17(23)18(24)12-16)15-2-5-20(19(25)11-15)27-6-8-30-9-7-27/h2-5,10,18-19H,6-9,11-13H2,1H3. The fraction of sp³-hybridized carbons (Fsp3) is 0.455. The maximum Gasteiger partial charge on any atom is 0.258 e. The van der Waals surface area contributed by atoms with Gasteiger partial charge in [-0.3, -0.25) is 9.36 Å². The maximum absolute atomic E-state index is 15.0. The Bertz CT molecular complexity index is 1020. The van der Waals surface area contributed by atoms with Crippen molar-refractivity contribution in [1.29, 1.82) is 0 Å².